The number of nitrogens with one attached hydrogen (secondary N) is 2. The topological polar surface area (TPSA) is 101 Å². The fourth-order valence-electron chi connectivity index (χ4n) is 2.17. The fraction of sp³-hybridized carbons (Fsp3) is 0.357. The van der Waals surface area contributed by atoms with Crippen LogP contribution in [-0.4, -0.2) is 37.9 Å². The molecule has 0 aliphatic carbocycles. The van der Waals surface area contributed by atoms with E-state index in [2.05, 4.69) is 15.3 Å². The molecule has 0 bridgehead atoms. The lowest BCUT2D eigenvalue weighted by Crippen LogP contribution is -2.36. The number of phenols is 2. The van der Waals surface area contributed by atoms with Gasteiger partial charge in [0, 0.05) is 36.0 Å². The Morgan fingerprint density at radius 1 is 1.35 bits per heavy atom. The SMILES string of the molecule is CC(NC(CO)Cc1cnc[nH]1)c1cc(O)ccc1O. The van der Waals surface area contributed by atoms with Gasteiger partial charge in [0.25, 0.3) is 0 Å². The summed E-state index contributed by atoms with van der Waals surface area (Å²) in [5.74, 6) is 0.210. The van der Waals surface area contributed by atoms with Crippen LogP contribution in [0.3, 0.4) is 0 Å². The zero-order valence-electron chi connectivity index (χ0n) is 11.2. The number of rotatable bonds is 6. The number of aliphatic hydroxyl groups is 1. The van der Waals surface area contributed by atoms with Crippen molar-refractivity contribution in [3.05, 3.63) is 42.0 Å². The second-order valence-electron chi connectivity index (χ2n) is 4.79. The van der Waals surface area contributed by atoms with Crippen molar-refractivity contribution in [1.82, 2.24) is 15.3 Å². The summed E-state index contributed by atoms with van der Waals surface area (Å²) in [6, 6.07) is 4.01. The maximum Gasteiger partial charge on any atom is 0.120 e. The quantitative estimate of drug-likeness (QED) is 0.508. The highest BCUT2D eigenvalue weighted by Gasteiger charge is 2.16. The van der Waals surface area contributed by atoms with E-state index < -0.39 is 0 Å². The van der Waals surface area contributed by atoms with Crippen molar-refractivity contribution >= 4 is 0 Å². The summed E-state index contributed by atoms with van der Waals surface area (Å²) in [5.41, 5.74) is 1.51. The molecule has 0 aliphatic rings. The Labute approximate surface area is 117 Å². The molecule has 20 heavy (non-hydrogen) atoms. The number of hydrogen-bond donors (Lipinski definition) is 5. The monoisotopic (exact) mass is 277 g/mol. The third-order valence-electron chi connectivity index (χ3n) is 3.20. The Morgan fingerprint density at radius 3 is 2.80 bits per heavy atom. The van der Waals surface area contributed by atoms with Crippen LogP contribution >= 0.6 is 0 Å². The van der Waals surface area contributed by atoms with Crippen molar-refractivity contribution < 1.29 is 15.3 Å². The third kappa shape index (κ3) is 3.49. The molecule has 1 aromatic heterocycles. The highest BCUT2D eigenvalue weighted by atomic mass is 16.3. The van der Waals surface area contributed by atoms with E-state index in [-0.39, 0.29) is 30.2 Å². The largest absolute Gasteiger partial charge is 0.508 e. The highest BCUT2D eigenvalue weighted by Crippen LogP contribution is 2.28. The highest BCUT2D eigenvalue weighted by molar-refractivity contribution is 5.40. The van der Waals surface area contributed by atoms with Crippen LogP contribution in [0.5, 0.6) is 11.5 Å². The molecular weight excluding hydrogens is 258 g/mol. The van der Waals surface area contributed by atoms with E-state index in [1.165, 1.54) is 18.2 Å². The van der Waals surface area contributed by atoms with Crippen molar-refractivity contribution in [2.24, 2.45) is 0 Å². The van der Waals surface area contributed by atoms with Crippen LogP contribution in [-0.2, 0) is 6.42 Å². The van der Waals surface area contributed by atoms with E-state index in [1.807, 2.05) is 6.92 Å². The maximum atomic E-state index is 9.82. The van der Waals surface area contributed by atoms with Gasteiger partial charge >= 0.3 is 0 Å². The van der Waals surface area contributed by atoms with Gasteiger partial charge in [0.15, 0.2) is 0 Å². The number of nitrogens with zero attached hydrogens (tertiary/aromatic N) is 1. The van der Waals surface area contributed by atoms with Crippen LogP contribution in [0.4, 0.5) is 0 Å². The number of aromatic nitrogens is 2. The molecule has 1 aromatic carbocycles. The molecule has 2 aromatic rings. The molecular formula is C14H19N3O3. The van der Waals surface area contributed by atoms with Crippen LogP contribution < -0.4 is 5.32 Å². The van der Waals surface area contributed by atoms with Crippen LogP contribution in [0.25, 0.3) is 0 Å². The summed E-state index contributed by atoms with van der Waals surface area (Å²) in [6.45, 7) is 1.83. The first-order valence-electron chi connectivity index (χ1n) is 6.46. The van der Waals surface area contributed by atoms with Gasteiger partial charge in [-0.25, -0.2) is 4.98 Å². The molecule has 108 valence electrons. The number of benzene rings is 1. The third-order valence-corrected chi connectivity index (χ3v) is 3.20. The standard InChI is InChI=1S/C14H19N3O3/c1-9(13-5-12(19)2-3-14(13)20)17-11(7-18)4-10-6-15-8-16-10/h2-3,5-6,8-9,11,17-20H,4,7H2,1H3,(H,15,16). The zero-order chi connectivity index (χ0) is 14.5. The van der Waals surface area contributed by atoms with Crippen LogP contribution in [0.2, 0.25) is 0 Å². The molecule has 0 aliphatic heterocycles. The molecule has 0 radical (unpaired) electrons. The van der Waals surface area contributed by atoms with Crippen LogP contribution in [0.1, 0.15) is 24.2 Å². The summed E-state index contributed by atoms with van der Waals surface area (Å²) in [4.78, 5) is 6.92. The summed E-state index contributed by atoms with van der Waals surface area (Å²) in [5, 5.41) is 32.0. The maximum absolute atomic E-state index is 9.82. The summed E-state index contributed by atoms with van der Waals surface area (Å²) in [7, 11) is 0. The molecule has 0 fully saturated rings. The van der Waals surface area contributed by atoms with Gasteiger partial charge in [-0.05, 0) is 25.1 Å². The van der Waals surface area contributed by atoms with Gasteiger partial charge in [-0.15, -0.1) is 0 Å². The first kappa shape index (κ1) is 14.4. The molecule has 0 spiro atoms. The van der Waals surface area contributed by atoms with E-state index >= 15 is 0 Å². The first-order valence-corrected chi connectivity index (χ1v) is 6.46. The average Bonchev–Trinajstić information content (AvgIpc) is 2.93. The van der Waals surface area contributed by atoms with Crippen molar-refractivity contribution in [3.63, 3.8) is 0 Å². The van der Waals surface area contributed by atoms with Gasteiger partial charge in [0.1, 0.15) is 11.5 Å². The van der Waals surface area contributed by atoms with Gasteiger partial charge in [-0.3, -0.25) is 0 Å². The van der Waals surface area contributed by atoms with Gasteiger partial charge in [-0.2, -0.15) is 0 Å². The number of aromatic amines is 1. The van der Waals surface area contributed by atoms with Gasteiger partial charge in [-0.1, -0.05) is 0 Å². The molecule has 0 amide bonds. The minimum absolute atomic E-state index is 0.0388. The summed E-state index contributed by atoms with van der Waals surface area (Å²) in [6.07, 6.45) is 3.90. The Morgan fingerprint density at radius 2 is 2.15 bits per heavy atom. The average molecular weight is 277 g/mol. The normalized spacial score (nSPS) is 14.1. The molecule has 2 unspecified atom stereocenters. The number of aromatic hydroxyl groups is 2. The van der Waals surface area contributed by atoms with E-state index in [1.54, 1.807) is 12.5 Å². The van der Waals surface area contributed by atoms with Gasteiger partial charge in [0.05, 0.1) is 12.9 Å². The van der Waals surface area contributed by atoms with E-state index in [0.717, 1.165) is 5.69 Å². The van der Waals surface area contributed by atoms with Crippen molar-refractivity contribution in [1.29, 1.82) is 0 Å². The lowest BCUT2D eigenvalue weighted by atomic mass is 10.0. The molecule has 0 saturated carbocycles. The second kappa shape index (κ2) is 6.40. The van der Waals surface area contributed by atoms with Gasteiger partial charge < -0.3 is 25.6 Å². The smallest absolute Gasteiger partial charge is 0.120 e. The van der Waals surface area contributed by atoms with Crippen LogP contribution in [0, 0.1) is 0 Å². The Balaban J connectivity index is 2.04. The molecule has 5 N–H and O–H groups in total. The molecule has 2 atom stereocenters. The number of hydrogen-bond acceptors (Lipinski definition) is 5. The molecule has 1 heterocycles. The second-order valence-corrected chi connectivity index (χ2v) is 4.79. The number of phenolic OH excluding ortho intramolecular Hbond substituents is 2. The van der Waals surface area contributed by atoms with E-state index in [0.29, 0.717) is 12.0 Å². The van der Waals surface area contributed by atoms with Gasteiger partial charge in [0.2, 0.25) is 0 Å². The molecule has 6 nitrogen and oxygen atoms in total. The molecule has 6 heteroatoms. The van der Waals surface area contributed by atoms with E-state index in [4.69, 9.17) is 0 Å². The van der Waals surface area contributed by atoms with E-state index in [9.17, 15) is 15.3 Å². The molecule has 0 saturated heterocycles. The summed E-state index contributed by atoms with van der Waals surface area (Å²) >= 11 is 0. The predicted molar refractivity (Wildman–Crippen MR) is 74.5 cm³/mol. The predicted octanol–water partition coefficient (Wildman–Crippen LogP) is 1.08. The number of H-pyrrole nitrogens is 1. The number of imidazole rings is 1. The van der Waals surface area contributed by atoms with Crippen molar-refractivity contribution in [2.45, 2.75) is 25.4 Å². The van der Waals surface area contributed by atoms with Crippen molar-refractivity contribution in [3.8, 4) is 11.5 Å². The lowest BCUT2D eigenvalue weighted by molar-refractivity contribution is 0.231. The van der Waals surface area contributed by atoms with Crippen molar-refractivity contribution in [2.75, 3.05) is 6.61 Å². The Bertz CT molecular complexity index is 543. The Kier molecular flexibility index (Phi) is 4.60. The lowest BCUT2D eigenvalue weighted by Gasteiger charge is -2.22. The number of aliphatic hydroxyl groups excluding tert-OH is 1. The summed E-state index contributed by atoms with van der Waals surface area (Å²) < 4.78 is 0. The van der Waals surface area contributed by atoms with Crippen LogP contribution in [0.15, 0.2) is 30.7 Å². The first-order chi connectivity index (χ1) is 9.60. The fourth-order valence-corrected chi connectivity index (χ4v) is 2.17. The zero-order valence-corrected chi connectivity index (χ0v) is 11.2. The molecule has 2 rings (SSSR count). The Hall–Kier alpha value is -2.05. The minimum Gasteiger partial charge on any atom is -0.508 e. The minimum atomic E-state index is -0.206.